The fourth-order valence-corrected chi connectivity index (χ4v) is 2.96. The zero-order chi connectivity index (χ0) is 15.6. The number of nitrogens with zero attached hydrogens (tertiary/aromatic N) is 2. The molecule has 1 amide bonds. The molecule has 1 aliphatic heterocycles. The summed E-state index contributed by atoms with van der Waals surface area (Å²) in [7, 11) is 0. The third-order valence-electron chi connectivity index (χ3n) is 3.75. The number of likely N-dealkylation sites (N-methyl/N-ethyl adjacent to an activating group) is 1. The first-order valence-corrected chi connectivity index (χ1v) is 7.26. The van der Waals surface area contributed by atoms with Crippen molar-refractivity contribution in [2.24, 2.45) is 5.10 Å². The topological polar surface area (TPSA) is 44.7 Å². The average molecular weight is 285 g/mol. The maximum atomic E-state index is 10.8. The molecule has 0 aromatic heterocycles. The molecular weight excluding hydrogens is 262 g/mol. The lowest BCUT2D eigenvalue weighted by Crippen LogP contribution is -2.44. The highest BCUT2D eigenvalue weighted by atomic mass is 16.2. The van der Waals surface area contributed by atoms with Crippen LogP contribution in [0.1, 0.15) is 45.7 Å². The molecule has 0 unspecified atom stereocenters. The molecule has 0 spiro atoms. The van der Waals surface area contributed by atoms with Gasteiger partial charge in [-0.1, -0.05) is 12.1 Å². The predicted octanol–water partition coefficient (Wildman–Crippen LogP) is 3.18. The van der Waals surface area contributed by atoms with Crippen LogP contribution in [0.2, 0.25) is 0 Å². The van der Waals surface area contributed by atoms with E-state index in [1.54, 1.807) is 6.21 Å². The molecule has 0 fully saturated rings. The van der Waals surface area contributed by atoms with Gasteiger partial charge in [0.15, 0.2) is 0 Å². The molecule has 0 saturated heterocycles. The van der Waals surface area contributed by atoms with Gasteiger partial charge in [-0.2, -0.15) is 5.10 Å². The number of carbonyl (C=O) groups excluding carboxylic acids is 1. The zero-order valence-electron chi connectivity index (χ0n) is 13.4. The predicted molar refractivity (Wildman–Crippen MR) is 88.6 cm³/mol. The van der Waals surface area contributed by atoms with E-state index in [0.29, 0.717) is 0 Å². The third-order valence-corrected chi connectivity index (χ3v) is 3.75. The summed E-state index contributed by atoms with van der Waals surface area (Å²) in [5, 5.41) is 3.93. The summed E-state index contributed by atoms with van der Waals surface area (Å²) in [6.45, 7) is 11.2. The Morgan fingerprint density at radius 3 is 2.76 bits per heavy atom. The van der Waals surface area contributed by atoms with Gasteiger partial charge >= 0.3 is 0 Å². The number of allylic oxidation sites excluding steroid dienone is 1. The Morgan fingerprint density at radius 1 is 1.43 bits per heavy atom. The van der Waals surface area contributed by atoms with Gasteiger partial charge in [0, 0.05) is 24.7 Å². The van der Waals surface area contributed by atoms with Crippen molar-refractivity contribution in [1.29, 1.82) is 0 Å². The van der Waals surface area contributed by atoms with E-state index in [1.807, 2.05) is 6.07 Å². The number of hydrazone groups is 1. The van der Waals surface area contributed by atoms with Crippen LogP contribution < -0.4 is 10.3 Å². The van der Waals surface area contributed by atoms with Crippen molar-refractivity contribution in [3.63, 3.8) is 0 Å². The quantitative estimate of drug-likeness (QED) is 0.685. The third kappa shape index (κ3) is 3.15. The van der Waals surface area contributed by atoms with E-state index in [0.717, 1.165) is 12.1 Å². The van der Waals surface area contributed by atoms with Crippen molar-refractivity contribution in [2.75, 3.05) is 11.4 Å². The molecule has 21 heavy (non-hydrogen) atoms. The number of carbonyl (C=O) groups is 1. The Morgan fingerprint density at radius 2 is 2.14 bits per heavy atom. The van der Waals surface area contributed by atoms with Gasteiger partial charge in [-0.25, -0.2) is 5.43 Å². The summed E-state index contributed by atoms with van der Waals surface area (Å²) in [6.07, 6.45) is 3.97. The van der Waals surface area contributed by atoms with E-state index in [1.165, 1.54) is 23.7 Å². The monoisotopic (exact) mass is 285 g/mol. The summed E-state index contributed by atoms with van der Waals surface area (Å²) in [5.74, 6) is -0.167. The smallest absolute Gasteiger partial charge is 0.236 e. The highest BCUT2D eigenvalue weighted by molar-refractivity contribution is 5.88. The molecule has 0 saturated carbocycles. The zero-order valence-corrected chi connectivity index (χ0v) is 13.4. The molecule has 0 radical (unpaired) electrons. The molecular formula is C17H23N3O. The van der Waals surface area contributed by atoms with Gasteiger partial charge in [0.05, 0.1) is 11.8 Å². The van der Waals surface area contributed by atoms with E-state index in [4.69, 9.17) is 0 Å². The van der Waals surface area contributed by atoms with Crippen LogP contribution in [0, 0.1) is 0 Å². The van der Waals surface area contributed by atoms with Gasteiger partial charge in [0.2, 0.25) is 5.91 Å². The first-order valence-electron chi connectivity index (χ1n) is 7.26. The van der Waals surface area contributed by atoms with Crippen molar-refractivity contribution in [1.82, 2.24) is 5.43 Å². The summed E-state index contributed by atoms with van der Waals surface area (Å²) in [6, 6.07) is 6.28. The number of benzene rings is 1. The summed E-state index contributed by atoms with van der Waals surface area (Å²) in [5.41, 5.74) is 7.17. The molecule has 4 heteroatoms. The van der Waals surface area contributed by atoms with E-state index in [2.05, 4.69) is 61.3 Å². The maximum Gasteiger partial charge on any atom is 0.236 e. The Balaban J connectivity index is 2.38. The minimum atomic E-state index is -0.167. The molecule has 1 aliphatic rings. The molecule has 1 aromatic rings. The average Bonchev–Trinajstić information content (AvgIpc) is 2.38. The highest BCUT2D eigenvalue weighted by Crippen LogP contribution is 2.38. The van der Waals surface area contributed by atoms with Gasteiger partial charge in [-0.05, 0) is 51.0 Å². The molecule has 0 aliphatic carbocycles. The van der Waals surface area contributed by atoms with Gasteiger partial charge < -0.3 is 4.90 Å². The van der Waals surface area contributed by atoms with Crippen LogP contribution in [0.3, 0.4) is 0 Å². The van der Waals surface area contributed by atoms with Crippen molar-refractivity contribution < 1.29 is 4.79 Å². The number of nitrogens with one attached hydrogen (secondary N) is 1. The fourth-order valence-electron chi connectivity index (χ4n) is 2.96. The Labute approximate surface area is 126 Å². The van der Waals surface area contributed by atoms with Crippen LogP contribution in [-0.4, -0.2) is 24.2 Å². The molecule has 0 bridgehead atoms. The number of hydrogen-bond acceptors (Lipinski definition) is 3. The Hall–Kier alpha value is -2.10. The van der Waals surface area contributed by atoms with Crippen LogP contribution in [0.15, 0.2) is 29.4 Å². The van der Waals surface area contributed by atoms with Gasteiger partial charge in [0.25, 0.3) is 0 Å². The molecule has 0 atom stereocenters. The summed E-state index contributed by atoms with van der Waals surface area (Å²) < 4.78 is 0. The number of amides is 1. The number of fused-ring (bicyclic) bond motifs is 1. The van der Waals surface area contributed by atoms with E-state index < -0.39 is 0 Å². The van der Waals surface area contributed by atoms with E-state index >= 15 is 0 Å². The molecule has 4 nitrogen and oxygen atoms in total. The second kappa shape index (κ2) is 5.72. The van der Waals surface area contributed by atoms with Crippen LogP contribution in [-0.2, 0) is 4.79 Å². The van der Waals surface area contributed by atoms with Crippen molar-refractivity contribution in [3.05, 3.63) is 35.4 Å². The minimum absolute atomic E-state index is 0.0254. The van der Waals surface area contributed by atoms with Gasteiger partial charge in [-0.3, -0.25) is 4.79 Å². The Bertz CT molecular complexity index is 614. The first kappa shape index (κ1) is 15.3. The lowest BCUT2D eigenvalue weighted by atomic mass is 9.88. The normalized spacial score (nSPS) is 16.6. The second-order valence-electron chi connectivity index (χ2n) is 5.93. The largest absolute Gasteiger partial charge is 0.363 e. The molecule has 1 heterocycles. The standard InChI is InChI=1S/C17H23N3O/c1-6-20-16-8-7-14(11-18-19-13(3)21)9-15(16)12(2)10-17(20,4)5/h7-11H,6H2,1-5H3,(H,19,21)/b18-11+. The fraction of sp³-hybridized carbons (Fsp3) is 0.412. The van der Waals surface area contributed by atoms with Crippen molar-refractivity contribution in [3.8, 4) is 0 Å². The van der Waals surface area contributed by atoms with Crippen LogP contribution in [0.4, 0.5) is 5.69 Å². The highest BCUT2D eigenvalue weighted by Gasteiger charge is 2.29. The number of hydrogen-bond donors (Lipinski definition) is 1. The molecule has 112 valence electrons. The van der Waals surface area contributed by atoms with Crippen LogP contribution >= 0.6 is 0 Å². The van der Waals surface area contributed by atoms with Gasteiger partial charge in [0.1, 0.15) is 0 Å². The summed E-state index contributed by atoms with van der Waals surface area (Å²) in [4.78, 5) is 13.2. The maximum absolute atomic E-state index is 10.8. The Kier molecular flexibility index (Phi) is 4.16. The SMILES string of the molecule is CCN1c2ccc(/C=N/NC(C)=O)cc2C(C)=CC1(C)C. The molecule has 1 aromatic carbocycles. The van der Waals surface area contributed by atoms with E-state index in [9.17, 15) is 4.79 Å². The number of rotatable bonds is 3. The van der Waals surface area contributed by atoms with Crippen molar-refractivity contribution >= 4 is 23.4 Å². The minimum Gasteiger partial charge on any atom is -0.363 e. The van der Waals surface area contributed by atoms with Crippen LogP contribution in [0.25, 0.3) is 5.57 Å². The lowest BCUT2D eigenvalue weighted by Gasteiger charge is -2.42. The second-order valence-corrected chi connectivity index (χ2v) is 5.93. The van der Waals surface area contributed by atoms with E-state index in [-0.39, 0.29) is 11.4 Å². The molecule has 2 rings (SSSR count). The number of anilines is 1. The van der Waals surface area contributed by atoms with Gasteiger partial charge in [-0.15, -0.1) is 0 Å². The van der Waals surface area contributed by atoms with Crippen LogP contribution in [0.5, 0.6) is 0 Å². The van der Waals surface area contributed by atoms with Crippen molar-refractivity contribution in [2.45, 2.75) is 40.2 Å². The summed E-state index contributed by atoms with van der Waals surface area (Å²) >= 11 is 0. The lowest BCUT2D eigenvalue weighted by molar-refractivity contribution is -0.118. The first-order chi connectivity index (χ1) is 9.85. The molecule has 1 N–H and O–H groups in total.